The van der Waals surface area contributed by atoms with Crippen molar-refractivity contribution in [2.45, 2.75) is 6.92 Å². The Bertz CT molecular complexity index is 261. The van der Waals surface area contributed by atoms with Gasteiger partial charge in [0.05, 0.1) is 6.61 Å². The second-order valence-electron chi connectivity index (χ2n) is 1.67. The molecule has 0 aromatic carbocycles. The van der Waals surface area contributed by atoms with E-state index in [2.05, 4.69) is 9.97 Å². The number of hydrogen-bond donors (Lipinski definition) is 1. The monoisotopic (exact) mass is 163 g/mol. The molecule has 0 aliphatic carbocycles. The molecule has 0 saturated heterocycles. The van der Waals surface area contributed by atoms with E-state index in [0.717, 1.165) is 0 Å². The van der Waals surface area contributed by atoms with Gasteiger partial charge in [-0.2, -0.15) is 0 Å². The van der Waals surface area contributed by atoms with E-state index < -0.39 is 0 Å². The smallest absolute Gasteiger partial charge is 0.465 e. The summed E-state index contributed by atoms with van der Waals surface area (Å²) in [4.78, 5) is 16.8. The molecule has 0 unspecified atom stereocenters. The average molecular weight is 163 g/mol. The molecule has 0 fully saturated rings. The van der Waals surface area contributed by atoms with Crippen LogP contribution in [0.3, 0.4) is 0 Å². The van der Waals surface area contributed by atoms with Crippen molar-refractivity contribution in [1.82, 2.24) is 9.97 Å². The summed E-state index contributed by atoms with van der Waals surface area (Å²) < 4.78 is 4.92. The summed E-state index contributed by atoms with van der Waals surface area (Å²) in [6.07, 6.45) is 1.41. The topological polar surface area (TPSA) is 55.0 Å². The van der Waals surface area contributed by atoms with Gasteiger partial charge in [0.2, 0.25) is 0 Å². The van der Waals surface area contributed by atoms with Crippen LogP contribution in [0.1, 0.15) is 6.92 Å². The first-order chi connectivity index (χ1) is 4.83. The Balaban J connectivity index is 0.000001000. The number of aromatic amines is 1. The molecule has 5 heteroatoms. The average Bonchev–Trinajstić information content (AvgIpc) is 1.88. The minimum absolute atomic E-state index is 0. The van der Waals surface area contributed by atoms with E-state index >= 15 is 0 Å². The van der Waals surface area contributed by atoms with Crippen LogP contribution in [0.15, 0.2) is 17.1 Å². The van der Waals surface area contributed by atoms with Gasteiger partial charge in [0.1, 0.15) is 0 Å². The Morgan fingerprint density at radius 1 is 1.73 bits per heavy atom. The van der Waals surface area contributed by atoms with Gasteiger partial charge in [0.25, 0.3) is 11.6 Å². The normalized spacial score (nSPS) is 8.45. The predicted octanol–water partition coefficient (Wildman–Crippen LogP) is -2.83. The summed E-state index contributed by atoms with van der Waals surface area (Å²) in [5.74, 6) is 0. The molecule has 1 N–H and O–H groups in total. The molecule has 4 nitrogen and oxygen atoms in total. The van der Waals surface area contributed by atoms with Gasteiger partial charge in [0, 0.05) is 12.3 Å². The van der Waals surface area contributed by atoms with Crippen molar-refractivity contribution in [3.8, 4) is 6.01 Å². The summed E-state index contributed by atoms with van der Waals surface area (Å²) in [7, 11) is 0. The van der Waals surface area contributed by atoms with Crippen molar-refractivity contribution in [3.05, 3.63) is 22.6 Å². The van der Waals surface area contributed by atoms with Crippen molar-refractivity contribution in [1.29, 1.82) is 0 Å². The first kappa shape index (κ1) is 10.7. The summed E-state index contributed by atoms with van der Waals surface area (Å²) >= 11 is 0. The molecule has 1 aromatic rings. The van der Waals surface area contributed by atoms with Crippen LogP contribution < -0.4 is 39.9 Å². The summed E-state index contributed by atoms with van der Waals surface area (Å²) in [5, 5.41) is 0. The van der Waals surface area contributed by atoms with Crippen LogP contribution in [0.25, 0.3) is 0 Å². The Hall–Kier alpha value is -0.320. The molecule has 1 rings (SSSR count). The number of H-pyrrole nitrogens is 1. The molecular formula is C6H8N2NaO2+. The zero-order valence-corrected chi connectivity index (χ0v) is 8.63. The molecule has 0 amide bonds. The Labute approximate surface area is 86.3 Å². The zero-order valence-electron chi connectivity index (χ0n) is 6.63. The molecule has 0 aliphatic heterocycles. The van der Waals surface area contributed by atoms with Crippen LogP contribution >= 0.6 is 0 Å². The third-order valence-electron chi connectivity index (χ3n) is 0.929. The SMILES string of the molecule is CCOc1nccc(=O)[nH]1.[Na+]. The van der Waals surface area contributed by atoms with E-state index in [0.29, 0.717) is 6.61 Å². The van der Waals surface area contributed by atoms with Gasteiger partial charge in [-0.1, -0.05) is 0 Å². The molecule has 0 radical (unpaired) electrons. The number of nitrogens with zero attached hydrogens (tertiary/aromatic N) is 1. The maximum atomic E-state index is 10.6. The van der Waals surface area contributed by atoms with Crippen LogP contribution in [0.2, 0.25) is 0 Å². The van der Waals surface area contributed by atoms with Crippen molar-refractivity contribution < 1.29 is 34.3 Å². The predicted molar refractivity (Wildman–Crippen MR) is 36.0 cm³/mol. The van der Waals surface area contributed by atoms with E-state index in [-0.39, 0.29) is 41.1 Å². The van der Waals surface area contributed by atoms with Gasteiger partial charge in [-0.05, 0) is 6.92 Å². The van der Waals surface area contributed by atoms with Gasteiger partial charge in [-0.15, -0.1) is 0 Å². The second-order valence-corrected chi connectivity index (χ2v) is 1.67. The summed E-state index contributed by atoms with van der Waals surface area (Å²) in [6.45, 7) is 2.33. The summed E-state index contributed by atoms with van der Waals surface area (Å²) in [5.41, 5.74) is -0.196. The van der Waals surface area contributed by atoms with Gasteiger partial charge in [-0.25, -0.2) is 4.98 Å². The van der Waals surface area contributed by atoms with Crippen LogP contribution in [0.5, 0.6) is 6.01 Å². The van der Waals surface area contributed by atoms with Crippen molar-refractivity contribution in [3.63, 3.8) is 0 Å². The van der Waals surface area contributed by atoms with Crippen molar-refractivity contribution in [2.75, 3.05) is 6.61 Å². The van der Waals surface area contributed by atoms with E-state index in [4.69, 9.17) is 4.74 Å². The Kier molecular flexibility index (Phi) is 5.19. The van der Waals surface area contributed by atoms with Crippen LogP contribution in [-0.2, 0) is 0 Å². The Morgan fingerprint density at radius 3 is 3.00 bits per heavy atom. The van der Waals surface area contributed by atoms with Crippen molar-refractivity contribution in [2.24, 2.45) is 0 Å². The number of nitrogens with one attached hydrogen (secondary N) is 1. The molecular weight excluding hydrogens is 155 g/mol. The van der Waals surface area contributed by atoms with Crippen LogP contribution in [-0.4, -0.2) is 16.6 Å². The molecule has 1 aromatic heterocycles. The van der Waals surface area contributed by atoms with Gasteiger partial charge in [0.15, 0.2) is 0 Å². The van der Waals surface area contributed by atoms with E-state index in [1.54, 1.807) is 0 Å². The number of ether oxygens (including phenoxy) is 1. The standard InChI is InChI=1S/C6H8N2O2.Na/c1-2-10-6-7-4-3-5(9)8-6;/h3-4H,2H2,1H3,(H,7,8,9);/q;+1. The fourth-order valence-corrected chi connectivity index (χ4v) is 0.562. The molecule has 54 valence electrons. The fraction of sp³-hybridized carbons (Fsp3) is 0.333. The first-order valence-electron chi connectivity index (χ1n) is 3.01. The maximum absolute atomic E-state index is 10.6. The van der Waals surface area contributed by atoms with Gasteiger partial charge in [-0.3, -0.25) is 9.78 Å². The van der Waals surface area contributed by atoms with Crippen LogP contribution in [0.4, 0.5) is 0 Å². The molecule has 0 saturated carbocycles. The third-order valence-corrected chi connectivity index (χ3v) is 0.929. The minimum atomic E-state index is -0.196. The van der Waals surface area contributed by atoms with E-state index in [9.17, 15) is 4.79 Å². The fourth-order valence-electron chi connectivity index (χ4n) is 0.562. The number of hydrogen-bond acceptors (Lipinski definition) is 3. The number of aromatic nitrogens is 2. The molecule has 0 aliphatic rings. The largest absolute Gasteiger partial charge is 1.00 e. The van der Waals surface area contributed by atoms with Crippen LogP contribution in [0, 0.1) is 0 Å². The Morgan fingerprint density at radius 2 is 2.45 bits per heavy atom. The first-order valence-corrected chi connectivity index (χ1v) is 3.01. The molecule has 0 spiro atoms. The van der Waals surface area contributed by atoms with Gasteiger partial charge < -0.3 is 4.74 Å². The quantitative estimate of drug-likeness (QED) is 0.478. The van der Waals surface area contributed by atoms with Crippen molar-refractivity contribution >= 4 is 0 Å². The van der Waals surface area contributed by atoms with E-state index in [1.807, 2.05) is 6.92 Å². The second kappa shape index (κ2) is 5.35. The van der Waals surface area contributed by atoms with Gasteiger partial charge >= 0.3 is 29.6 Å². The third kappa shape index (κ3) is 3.55. The minimum Gasteiger partial charge on any atom is -0.465 e. The molecule has 1 heterocycles. The molecule has 0 bridgehead atoms. The molecule has 11 heavy (non-hydrogen) atoms. The number of rotatable bonds is 2. The molecule has 0 atom stereocenters. The summed E-state index contributed by atoms with van der Waals surface area (Å²) in [6, 6.07) is 1.61. The maximum Gasteiger partial charge on any atom is 1.00 e. The van der Waals surface area contributed by atoms with E-state index in [1.165, 1.54) is 12.3 Å². The zero-order chi connectivity index (χ0) is 7.40.